The normalized spacial score (nSPS) is 22.6. The number of nitrogens with one attached hydrogen (secondary N) is 2. The summed E-state index contributed by atoms with van der Waals surface area (Å²) in [6, 6.07) is 9.67. The number of hydrogen-bond donors (Lipinski definition) is 2. The maximum absolute atomic E-state index is 12.3. The summed E-state index contributed by atoms with van der Waals surface area (Å²) in [5.74, 6) is 0.578. The van der Waals surface area contributed by atoms with E-state index in [0.717, 1.165) is 18.4 Å². The predicted molar refractivity (Wildman–Crippen MR) is 87.2 cm³/mol. The Labute approximate surface area is 132 Å². The topological polar surface area (TPSA) is 58.2 Å². The van der Waals surface area contributed by atoms with Crippen LogP contribution in [0.25, 0.3) is 0 Å². The molecule has 120 valence electrons. The quantitative estimate of drug-likeness (QED) is 0.878. The molecule has 4 nitrogen and oxygen atoms in total. The van der Waals surface area contributed by atoms with E-state index in [1.165, 1.54) is 19.8 Å². The van der Waals surface area contributed by atoms with E-state index in [4.69, 9.17) is 0 Å². The predicted octanol–water partition coefficient (Wildman–Crippen LogP) is 2.95. The van der Waals surface area contributed by atoms with E-state index < -0.39 is 0 Å². The van der Waals surface area contributed by atoms with Gasteiger partial charge >= 0.3 is 0 Å². The zero-order chi connectivity index (χ0) is 15.9. The summed E-state index contributed by atoms with van der Waals surface area (Å²) in [5.41, 5.74) is 0.963. The van der Waals surface area contributed by atoms with Crippen LogP contribution in [0.5, 0.6) is 0 Å². The molecule has 1 aromatic rings. The molecule has 0 aliphatic heterocycles. The summed E-state index contributed by atoms with van der Waals surface area (Å²) in [5, 5.41) is 6.01. The van der Waals surface area contributed by atoms with Gasteiger partial charge in [0.05, 0.1) is 12.5 Å². The Kier molecular flexibility index (Phi) is 5.99. The van der Waals surface area contributed by atoms with Crippen LogP contribution in [0.3, 0.4) is 0 Å². The van der Waals surface area contributed by atoms with Gasteiger partial charge in [0.25, 0.3) is 0 Å². The van der Waals surface area contributed by atoms with Crippen molar-refractivity contribution in [3.63, 3.8) is 0 Å². The highest BCUT2D eigenvalue weighted by Gasteiger charge is 2.22. The molecule has 0 radical (unpaired) electrons. The molecule has 0 bridgehead atoms. The third-order valence-electron chi connectivity index (χ3n) is 4.27. The van der Waals surface area contributed by atoms with Crippen molar-refractivity contribution in [1.82, 2.24) is 10.6 Å². The van der Waals surface area contributed by atoms with Crippen molar-refractivity contribution in [2.75, 3.05) is 0 Å². The maximum Gasteiger partial charge on any atom is 0.222 e. The molecular weight excluding hydrogens is 276 g/mol. The second-order valence-electron chi connectivity index (χ2n) is 6.40. The van der Waals surface area contributed by atoms with Crippen molar-refractivity contribution >= 4 is 11.8 Å². The lowest BCUT2D eigenvalue weighted by molar-refractivity contribution is -0.123. The summed E-state index contributed by atoms with van der Waals surface area (Å²) in [4.78, 5) is 23.7. The van der Waals surface area contributed by atoms with Crippen LogP contribution in [0.1, 0.15) is 57.6 Å². The molecule has 1 aliphatic rings. The molecule has 2 amide bonds. The van der Waals surface area contributed by atoms with Crippen molar-refractivity contribution in [3.8, 4) is 0 Å². The first-order valence-electron chi connectivity index (χ1n) is 8.16. The van der Waals surface area contributed by atoms with Crippen molar-refractivity contribution in [2.24, 2.45) is 5.92 Å². The average Bonchev–Trinajstić information content (AvgIpc) is 2.47. The van der Waals surface area contributed by atoms with E-state index in [2.05, 4.69) is 17.6 Å². The van der Waals surface area contributed by atoms with Gasteiger partial charge in [0, 0.05) is 13.0 Å². The Hall–Kier alpha value is -1.84. The van der Waals surface area contributed by atoms with Gasteiger partial charge in [-0.2, -0.15) is 0 Å². The standard InChI is InChI=1S/C18H26N2O2/c1-13-7-6-10-16(11-13)20-18(22)12-17(19-14(2)21)15-8-4-3-5-9-15/h3-5,8-9,13,16-17H,6-7,10-12H2,1-2H3,(H,19,21)(H,20,22). The third-order valence-corrected chi connectivity index (χ3v) is 4.27. The van der Waals surface area contributed by atoms with Gasteiger partial charge in [0.1, 0.15) is 0 Å². The lowest BCUT2D eigenvalue weighted by Gasteiger charge is -2.28. The first kappa shape index (κ1) is 16.5. The van der Waals surface area contributed by atoms with Gasteiger partial charge in [-0.05, 0) is 24.3 Å². The molecule has 1 aliphatic carbocycles. The molecule has 4 heteroatoms. The zero-order valence-electron chi connectivity index (χ0n) is 13.5. The van der Waals surface area contributed by atoms with Gasteiger partial charge in [-0.1, -0.05) is 50.1 Å². The zero-order valence-corrected chi connectivity index (χ0v) is 13.5. The van der Waals surface area contributed by atoms with Gasteiger partial charge in [-0.15, -0.1) is 0 Å². The largest absolute Gasteiger partial charge is 0.353 e. The van der Waals surface area contributed by atoms with Gasteiger partial charge in [0.15, 0.2) is 0 Å². The summed E-state index contributed by atoms with van der Waals surface area (Å²) in [7, 11) is 0. The second-order valence-corrected chi connectivity index (χ2v) is 6.40. The molecule has 3 unspecified atom stereocenters. The number of hydrogen-bond acceptors (Lipinski definition) is 2. The van der Waals surface area contributed by atoms with Crippen molar-refractivity contribution in [1.29, 1.82) is 0 Å². The fourth-order valence-corrected chi connectivity index (χ4v) is 3.22. The number of amides is 2. The molecule has 3 atom stereocenters. The highest BCUT2D eigenvalue weighted by atomic mass is 16.2. The number of benzene rings is 1. The van der Waals surface area contributed by atoms with Gasteiger partial charge in [0.2, 0.25) is 11.8 Å². The van der Waals surface area contributed by atoms with E-state index in [9.17, 15) is 9.59 Å². The van der Waals surface area contributed by atoms with E-state index in [1.54, 1.807) is 0 Å². The fourth-order valence-electron chi connectivity index (χ4n) is 3.22. The van der Waals surface area contributed by atoms with E-state index in [-0.39, 0.29) is 30.3 Å². The van der Waals surface area contributed by atoms with Crippen molar-refractivity contribution in [2.45, 2.75) is 58.0 Å². The third kappa shape index (κ3) is 5.17. The average molecular weight is 302 g/mol. The van der Waals surface area contributed by atoms with Crippen LogP contribution in [0.4, 0.5) is 0 Å². The second kappa shape index (κ2) is 7.97. The van der Waals surface area contributed by atoms with E-state index in [0.29, 0.717) is 5.92 Å². The van der Waals surface area contributed by atoms with Gasteiger partial charge in [-0.25, -0.2) is 0 Å². The van der Waals surface area contributed by atoms with Crippen LogP contribution in [0.2, 0.25) is 0 Å². The molecule has 1 fully saturated rings. The minimum absolute atomic E-state index is 0.0155. The Morgan fingerprint density at radius 3 is 2.59 bits per heavy atom. The summed E-state index contributed by atoms with van der Waals surface area (Å²) in [6.45, 7) is 3.72. The highest BCUT2D eigenvalue weighted by Crippen LogP contribution is 2.24. The fraction of sp³-hybridized carbons (Fsp3) is 0.556. The minimum atomic E-state index is -0.264. The molecule has 2 N–H and O–H groups in total. The van der Waals surface area contributed by atoms with Crippen LogP contribution in [-0.4, -0.2) is 17.9 Å². The lowest BCUT2D eigenvalue weighted by atomic mass is 9.87. The Morgan fingerprint density at radius 2 is 1.95 bits per heavy atom. The monoisotopic (exact) mass is 302 g/mol. The Bertz CT molecular complexity index is 501. The molecule has 0 heterocycles. The SMILES string of the molecule is CC(=O)NC(CC(=O)NC1CCCC(C)C1)c1ccccc1. The van der Waals surface area contributed by atoms with Crippen LogP contribution < -0.4 is 10.6 Å². The maximum atomic E-state index is 12.3. The highest BCUT2D eigenvalue weighted by molar-refractivity contribution is 5.79. The van der Waals surface area contributed by atoms with Gasteiger partial charge < -0.3 is 10.6 Å². The summed E-state index contributed by atoms with van der Waals surface area (Å²) < 4.78 is 0. The molecule has 22 heavy (non-hydrogen) atoms. The smallest absolute Gasteiger partial charge is 0.222 e. The molecule has 0 aromatic heterocycles. The van der Waals surface area contributed by atoms with Crippen LogP contribution in [-0.2, 0) is 9.59 Å². The summed E-state index contributed by atoms with van der Waals surface area (Å²) in [6.07, 6.45) is 4.84. The van der Waals surface area contributed by atoms with Crippen molar-refractivity contribution < 1.29 is 9.59 Å². The van der Waals surface area contributed by atoms with E-state index >= 15 is 0 Å². The van der Waals surface area contributed by atoms with Gasteiger partial charge in [-0.3, -0.25) is 9.59 Å². The summed E-state index contributed by atoms with van der Waals surface area (Å²) >= 11 is 0. The molecule has 2 rings (SSSR count). The van der Waals surface area contributed by atoms with Crippen LogP contribution in [0, 0.1) is 5.92 Å². The molecule has 1 aromatic carbocycles. The number of carbonyl (C=O) groups is 2. The van der Waals surface area contributed by atoms with Crippen LogP contribution in [0.15, 0.2) is 30.3 Å². The molecule has 1 saturated carbocycles. The number of carbonyl (C=O) groups excluding carboxylic acids is 2. The minimum Gasteiger partial charge on any atom is -0.353 e. The lowest BCUT2D eigenvalue weighted by Crippen LogP contribution is -2.40. The first-order valence-corrected chi connectivity index (χ1v) is 8.16. The molecule has 0 saturated heterocycles. The molecule has 0 spiro atoms. The van der Waals surface area contributed by atoms with E-state index in [1.807, 2.05) is 30.3 Å². The van der Waals surface area contributed by atoms with Crippen molar-refractivity contribution in [3.05, 3.63) is 35.9 Å². The Balaban J connectivity index is 1.94. The number of rotatable bonds is 5. The van der Waals surface area contributed by atoms with Crippen LogP contribution >= 0.6 is 0 Å². The molecular formula is C18H26N2O2. The first-order chi connectivity index (χ1) is 10.5. The Morgan fingerprint density at radius 1 is 1.23 bits per heavy atom.